The fourth-order valence-corrected chi connectivity index (χ4v) is 7.40. The normalized spacial score (nSPS) is 23.2. The number of allylic oxidation sites excluding steroid dienone is 1. The van der Waals surface area contributed by atoms with Crippen LogP contribution in [-0.4, -0.2) is 51.2 Å². The molecule has 250 valence electrons. The van der Waals surface area contributed by atoms with Crippen LogP contribution in [0.5, 0.6) is 0 Å². The molecule has 3 atom stereocenters. The highest BCUT2D eigenvalue weighted by Gasteiger charge is 2.63. The van der Waals surface area contributed by atoms with E-state index in [1.54, 1.807) is 24.3 Å². The number of hydrogen-bond acceptors (Lipinski definition) is 7. The summed E-state index contributed by atoms with van der Waals surface area (Å²) in [6.45, 7) is 3.91. The summed E-state index contributed by atoms with van der Waals surface area (Å²) >= 11 is 0. The molecular formula is C36H45N5O6. The number of anilines is 1. The second-order valence-electron chi connectivity index (χ2n) is 13.4. The van der Waals surface area contributed by atoms with Gasteiger partial charge in [0.2, 0.25) is 11.8 Å². The van der Waals surface area contributed by atoms with Crippen LogP contribution in [0.3, 0.4) is 0 Å². The van der Waals surface area contributed by atoms with Crippen molar-refractivity contribution in [2.24, 2.45) is 11.8 Å². The monoisotopic (exact) mass is 643 g/mol. The highest BCUT2D eigenvalue weighted by molar-refractivity contribution is 6.03. The predicted octanol–water partition coefficient (Wildman–Crippen LogP) is 4.00. The standard InChI is InChI=1S/C36H45N5O6/c1-3-25-26-13-6-8-16-29(26)47-32(25)34(45)38-27(14-7-9-17-30(42)37-24-11-4-5-12-24)33(44)39-28-15-10-18-41(35(28)46)21-31(43)40-36-19-23(20-36)22(36)2/h6,8-10,13,15-18,22-24,27,30,37,42H,3-5,7,11-12,14,19-21H2,1-2H3,(H,38,45)(H,39,44)(H,40,43)/b17-9+/t22-,23?,27-,30?,36?/m0/s1. The molecule has 0 spiro atoms. The van der Waals surface area contributed by atoms with Crippen molar-refractivity contribution < 1.29 is 23.9 Å². The first kappa shape index (κ1) is 32.7. The molecule has 2 bridgehead atoms. The Morgan fingerprint density at radius 1 is 1.13 bits per heavy atom. The van der Waals surface area contributed by atoms with Crippen molar-refractivity contribution in [1.82, 2.24) is 20.5 Å². The lowest BCUT2D eigenvalue weighted by molar-refractivity contribution is -0.151. The minimum atomic E-state index is -1.02. The Bertz CT molecular complexity index is 1710. The van der Waals surface area contributed by atoms with Crippen LogP contribution in [0.15, 0.2) is 64.0 Å². The number of aliphatic hydroxyl groups is 1. The van der Waals surface area contributed by atoms with E-state index in [1.165, 1.54) is 16.8 Å². The summed E-state index contributed by atoms with van der Waals surface area (Å²) in [6, 6.07) is 9.75. The van der Waals surface area contributed by atoms with Gasteiger partial charge >= 0.3 is 0 Å². The third kappa shape index (κ3) is 6.92. The van der Waals surface area contributed by atoms with Gasteiger partial charge in [0, 0.05) is 28.7 Å². The molecule has 2 heterocycles. The van der Waals surface area contributed by atoms with Gasteiger partial charge in [0.05, 0.1) is 0 Å². The average molecular weight is 644 g/mol. The summed E-state index contributed by atoms with van der Waals surface area (Å²) in [5.74, 6) is -0.0678. The second-order valence-corrected chi connectivity index (χ2v) is 13.4. The summed E-state index contributed by atoms with van der Waals surface area (Å²) in [5, 5.41) is 23.0. The van der Waals surface area contributed by atoms with E-state index in [0.717, 1.165) is 49.5 Å². The number of furan rings is 1. The number of nitrogens with one attached hydrogen (secondary N) is 4. The lowest BCUT2D eigenvalue weighted by Crippen LogP contribution is -2.74. The molecule has 11 heteroatoms. The van der Waals surface area contributed by atoms with Crippen molar-refractivity contribution >= 4 is 34.4 Å². The Balaban J connectivity index is 1.14. The maximum atomic E-state index is 13.7. The zero-order valence-electron chi connectivity index (χ0n) is 27.1. The largest absolute Gasteiger partial charge is 0.451 e. The van der Waals surface area contributed by atoms with E-state index in [2.05, 4.69) is 28.2 Å². The summed E-state index contributed by atoms with van der Waals surface area (Å²) in [6.07, 6.45) is 11.6. The van der Waals surface area contributed by atoms with E-state index in [-0.39, 0.29) is 41.9 Å². The van der Waals surface area contributed by atoms with Crippen LogP contribution in [-0.2, 0) is 22.6 Å². The van der Waals surface area contributed by atoms with Crippen LogP contribution in [0.4, 0.5) is 5.69 Å². The van der Waals surface area contributed by atoms with Crippen LogP contribution < -0.4 is 26.8 Å². The van der Waals surface area contributed by atoms with Crippen molar-refractivity contribution in [3.63, 3.8) is 0 Å². The first-order valence-corrected chi connectivity index (χ1v) is 16.9. The van der Waals surface area contributed by atoms with E-state index in [9.17, 15) is 24.3 Å². The molecular weight excluding hydrogens is 598 g/mol. The van der Waals surface area contributed by atoms with Gasteiger partial charge in [-0.05, 0) is 81.1 Å². The van der Waals surface area contributed by atoms with Crippen molar-refractivity contribution in [2.45, 2.75) is 102 Å². The summed E-state index contributed by atoms with van der Waals surface area (Å²) in [5.41, 5.74) is 0.679. The number of carbonyl (C=O) groups excluding carboxylic acids is 3. The molecule has 5 N–H and O–H groups in total. The molecule has 0 saturated heterocycles. The molecule has 47 heavy (non-hydrogen) atoms. The summed E-state index contributed by atoms with van der Waals surface area (Å²) < 4.78 is 7.18. The first-order valence-electron chi connectivity index (χ1n) is 16.9. The smallest absolute Gasteiger partial charge is 0.287 e. The number of aromatic nitrogens is 1. The average Bonchev–Trinajstić information content (AvgIpc) is 3.70. The first-order chi connectivity index (χ1) is 22.7. The van der Waals surface area contributed by atoms with E-state index < -0.39 is 29.6 Å². The number of benzene rings is 1. The molecule has 3 aromatic rings. The number of aliphatic hydroxyl groups excluding tert-OH is 1. The van der Waals surface area contributed by atoms with Gasteiger partial charge in [-0.3, -0.25) is 24.5 Å². The van der Waals surface area contributed by atoms with Gasteiger partial charge in [0.1, 0.15) is 30.1 Å². The fraction of sp³-hybridized carbons (Fsp3) is 0.500. The predicted molar refractivity (Wildman–Crippen MR) is 179 cm³/mol. The summed E-state index contributed by atoms with van der Waals surface area (Å²) in [4.78, 5) is 53.3. The quantitative estimate of drug-likeness (QED) is 0.131. The SMILES string of the molecule is CCc1c(C(=O)N[C@@H](CC/C=C/C(O)NC2CCCC2)C(=O)Nc2cccn(CC(=O)NC34CC(C3)[C@@H]4C)c2=O)oc2ccccc12. The Morgan fingerprint density at radius 3 is 2.60 bits per heavy atom. The number of para-hydroxylation sites is 1. The molecule has 1 aromatic carbocycles. The van der Waals surface area contributed by atoms with Gasteiger partial charge in [-0.1, -0.05) is 51.0 Å². The number of fused-ring (bicyclic) bond motifs is 1. The highest BCUT2D eigenvalue weighted by Crippen LogP contribution is 2.61. The number of pyridine rings is 1. The Morgan fingerprint density at radius 2 is 1.89 bits per heavy atom. The lowest BCUT2D eigenvalue weighted by Gasteiger charge is -2.67. The van der Waals surface area contributed by atoms with Crippen molar-refractivity contribution in [2.75, 3.05) is 5.32 Å². The molecule has 4 aliphatic carbocycles. The van der Waals surface area contributed by atoms with Gasteiger partial charge in [-0.2, -0.15) is 0 Å². The molecule has 0 aliphatic heterocycles. The fourth-order valence-electron chi connectivity index (χ4n) is 7.40. The molecule has 0 radical (unpaired) electrons. The van der Waals surface area contributed by atoms with Crippen LogP contribution in [0.25, 0.3) is 11.0 Å². The van der Waals surface area contributed by atoms with Gasteiger partial charge in [0.25, 0.3) is 11.5 Å². The highest BCUT2D eigenvalue weighted by atomic mass is 16.3. The maximum Gasteiger partial charge on any atom is 0.287 e. The number of hydrogen-bond donors (Lipinski definition) is 5. The number of rotatable bonds is 14. The van der Waals surface area contributed by atoms with Gasteiger partial charge < -0.3 is 30.0 Å². The molecule has 4 fully saturated rings. The minimum Gasteiger partial charge on any atom is -0.451 e. The van der Waals surface area contributed by atoms with E-state index >= 15 is 0 Å². The van der Waals surface area contributed by atoms with Gasteiger partial charge in [0.15, 0.2) is 5.76 Å². The Labute approximate surface area is 274 Å². The third-order valence-electron chi connectivity index (χ3n) is 10.4. The molecule has 11 nitrogen and oxygen atoms in total. The number of aryl methyl sites for hydroxylation is 1. The van der Waals surface area contributed by atoms with E-state index in [0.29, 0.717) is 30.3 Å². The molecule has 2 aromatic heterocycles. The zero-order chi connectivity index (χ0) is 33.1. The van der Waals surface area contributed by atoms with Crippen LogP contribution >= 0.6 is 0 Å². The number of nitrogens with zero attached hydrogens (tertiary/aromatic N) is 1. The Kier molecular flexibility index (Phi) is 9.65. The van der Waals surface area contributed by atoms with Crippen LogP contribution in [0.1, 0.15) is 81.3 Å². The molecule has 1 unspecified atom stereocenters. The topological polar surface area (TPSA) is 155 Å². The number of carbonyl (C=O) groups is 3. The minimum absolute atomic E-state index is 0.00754. The molecule has 3 amide bonds. The van der Waals surface area contributed by atoms with Gasteiger partial charge in [-0.25, -0.2) is 0 Å². The van der Waals surface area contributed by atoms with E-state index in [4.69, 9.17) is 4.42 Å². The molecule has 4 saturated carbocycles. The summed E-state index contributed by atoms with van der Waals surface area (Å²) in [7, 11) is 0. The van der Waals surface area contributed by atoms with Crippen LogP contribution in [0, 0.1) is 11.8 Å². The van der Waals surface area contributed by atoms with Crippen molar-refractivity contribution in [1.29, 1.82) is 0 Å². The zero-order valence-corrected chi connectivity index (χ0v) is 27.1. The lowest BCUT2D eigenvalue weighted by atomic mass is 9.43. The molecule has 7 rings (SSSR count). The van der Waals surface area contributed by atoms with E-state index in [1.807, 2.05) is 25.1 Å². The molecule has 4 aliphatic rings. The van der Waals surface area contributed by atoms with Gasteiger partial charge in [-0.15, -0.1) is 0 Å². The second kappa shape index (κ2) is 13.9. The number of amides is 3. The third-order valence-corrected chi connectivity index (χ3v) is 10.4. The van der Waals surface area contributed by atoms with Crippen molar-refractivity contribution in [3.05, 3.63) is 76.4 Å². The van der Waals surface area contributed by atoms with Crippen molar-refractivity contribution in [3.8, 4) is 0 Å². The maximum absolute atomic E-state index is 13.7. The Hall–Kier alpha value is -4.22. The van der Waals surface area contributed by atoms with Crippen LogP contribution in [0.2, 0.25) is 0 Å².